The predicted molar refractivity (Wildman–Crippen MR) is 68.4 cm³/mol. The Morgan fingerprint density at radius 2 is 1.89 bits per heavy atom. The van der Waals surface area contributed by atoms with Crippen LogP contribution in [0.25, 0.3) is 0 Å². The second-order valence-corrected chi connectivity index (χ2v) is 6.67. The highest BCUT2D eigenvalue weighted by Gasteiger charge is 2.31. The van der Waals surface area contributed by atoms with E-state index in [2.05, 4.69) is 4.74 Å². The van der Waals surface area contributed by atoms with Gasteiger partial charge >= 0.3 is 5.97 Å². The van der Waals surface area contributed by atoms with Crippen molar-refractivity contribution in [2.45, 2.75) is 44.7 Å². The molecule has 0 aromatic rings. The first-order valence-electron chi connectivity index (χ1n) is 6.23. The molecule has 0 spiro atoms. The summed E-state index contributed by atoms with van der Waals surface area (Å²) in [5.41, 5.74) is 5.78. The molecule has 0 bridgehead atoms. The van der Waals surface area contributed by atoms with Gasteiger partial charge in [0.15, 0.2) is 5.75 Å². The van der Waals surface area contributed by atoms with Crippen molar-refractivity contribution in [2.75, 3.05) is 19.4 Å². The van der Waals surface area contributed by atoms with Crippen molar-refractivity contribution >= 4 is 16.0 Å². The molecular formula is C11H22N2O4S. The highest BCUT2D eigenvalue weighted by Crippen LogP contribution is 2.23. The van der Waals surface area contributed by atoms with Gasteiger partial charge in [0.25, 0.3) is 0 Å². The Morgan fingerprint density at radius 3 is 2.39 bits per heavy atom. The molecule has 0 heterocycles. The van der Waals surface area contributed by atoms with E-state index in [0.717, 1.165) is 25.7 Å². The number of carbonyl (C=O) groups excluding carboxylic acids is 1. The van der Waals surface area contributed by atoms with E-state index in [1.54, 1.807) is 6.92 Å². The molecule has 0 aromatic carbocycles. The van der Waals surface area contributed by atoms with Crippen molar-refractivity contribution in [1.82, 2.24) is 4.31 Å². The van der Waals surface area contributed by atoms with Crippen LogP contribution in [0.4, 0.5) is 0 Å². The number of carbonyl (C=O) groups is 1. The average Bonchev–Trinajstić information content (AvgIpc) is 2.28. The second-order valence-electron chi connectivity index (χ2n) is 4.65. The van der Waals surface area contributed by atoms with E-state index in [9.17, 15) is 13.2 Å². The fourth-order valence-corrected chi connectivity index (χ4v) is 3.40. The summed E-state index contributed by atoms with van der Waals surface area (Å²) in [5.74, 6) is -1.28. The fraction of sp³-hybridized carbons (Fsp3) is 0.909. The number of nitrogens with two attached hydrogens (primary N) is 1. The highest BCUT2D eigenvalue weighted by atomic mass is 32.2. The summed E-state index contributed by atoms with van der Waals surface area (Å²) >= 11 is 0. The molecule has 1 fully saturated rings. The molecule has 0 atom stereocenters. The molecule has 1 aliphatic rings. The molecule has 2 N–H and O–H groups in total. The van der Waals surface area contributed by atoms with Gasteiger partial charge in [0.05, 0.1) is 6.61 Å². The molecule has 0 aliphatic heterocycles. The minimum atomic E-state index is -3.58. The Kier molecular flexibility index (Phi) is 5.55. The molecular weight excluding hydrogens is 256 g/mol. The van der Waals surface area contributed by atoms with Gasteiger partial charge in [-0.15, -0.1) is 0 Å². The van der Waals surface area contributed by atoms with Crippen LogP contribution >= 0.6 is 0 Å². The van der Waals surface area contributed by atoms with Crippen LogP contribution in [0.1, 0.15) is 32.6 Å². The molecule has 0 radical (unpaired) electrons. The lowest BCUT2D eigenvalue weighted by Crippen LogP contribution is -2.43. The topological polar surface area (TPSA) is 89.7 Å². The van der Waals surface area contributed by atoms with Gasteiger partial charge in [-0.25, -0.2) is 12.7 Å². The Morgan fingerprint density at radius 1 is 1.33 bits per heavy atom. The van der Waals surface area contributed by atoms with Crippen molar-refractivity contribution in [3.8, 4) is 0 Å². The monoisotopic (exact) mass is 278 g/mol. The Labute approximate surface area is 109 Å². The molecule has 0 saturated heterocycles. The zero-order chi connectivity index (χ0) is 13.8. The lowest BCUT2D eigenvalue weighted by Gasteiger charge is -2.32. The summed E-state index contributed by atoms with van der Waals surface area (Å²) in [6.07, 6.45) is 3.15. The van der Waals surface area contributed by atoms with E-state index in [0.29, 0.717) is 0 Å². The highest BCUT2D eigenvalue weighted by molar-refractivity contribution is 7.89. The van der Waals surface area contributed by atoms with E-state index in [1.165, 1.54) is 11.4 Å². The van der Waals surface area contributed by atoms with Crippen LogP contribution in [0.3, 0.4) is 0 Å². The summed E-state index contributed by atoms with van der Waals surface area (Å²) < 4.78 is 29.9. The van der Waals surface area contributed by atoms with Gasteiger partial charge in [0.1, 0.15) is 0 Å². The largest absolute Gasteiger partial charge is 0.465 e. The van der Waals surface area contributed by atoms with Crippen molar-refractivity contribution in [1.29, 1.82) is 0 Å². The lowest BCUT2D eigenvalue weighted by molar-refractivity contribution is -0.140. The molecule has 106 valence electrons. The number of sulfonamides is 1. The molecule has 1 rings (SSSR count). The first-order chi connectivity index (χ1) is 8.36. The van der Waals surface area contributed by atoms with Crippen molar-refractivity contribution in [2.24, 2.45) is 5.73 Å². The van der Waals surface area contributed by atoms with Gasteiger partial charge < -0.3 is 10.5 Å². The molecule has 0 unspecified atom stereocenters. The number of ether oxygens (including phenoxy) is 1. The Balaban J connectivity index is 2.58. The van der Waals surface area contributed by atoms with E-state index in [4.69, 9.17) is 5.73 Å². The van der Waals surface area contributed by atoms with Crippen molar-refractivity contribution in [3.05, 3.63) is 0 Å². The summed E-state index contributed by atoms with van der Waals surface area (Å²) in [4.78, 5) is 11.2. The number of rotatable bonds is 5. The number of esters is 1. The maximum Gasteiger partial charge on any atom is 0.322 e. The SMILES string of the molecule is CCOC(=O)CS(=O)(=O)N(C)C1CCC(N)CC1. The van der Waals surface area contributed by atoms with Crippen LogP contribution in [0, 0.1) is 0 Å². The van der Waals surface area contributed by atoms with E-state index in [1.807, 2.05) is 0 Å². The standard InChI is InChI=1S/C11H22N2O4S/c1-3-17-11(14)8-18(15,16)13(2)10-6-4-9(12)5-7-10/h9-10H,3-8,12H2,1-2H3. The van der Waals surface area contributed by atoms with Gasteiger partial charge in [-0.1, -0.05) is 0 Å². The minimum absolute atomic E-state index is 0.0516. The summed E-state index contributed by atoms with van der Waals surface area (Å²) in [7, 11) is -2.06. The quantitative estimate of drug-likeness (QED) is 0.719. The molecule has 1 aliphatic carbocycles. The lowest BCUT2D eigenvalue weighted by atomic mass is 9.92. The van der Waals surface area contributed by atoms with Crippen LogP contribution in [-0.2, 0) is 19.6 Å². The molecule has 6 nitrogen and oxygen atoms in total. The van der Waals surface area contributed by atoms with Gasteiger partial charge in [0.2, 0.25) is 10.0 Å². The first kappa shape index (κ1) is 15.4. The molecule has 1 saturated carbocycles. The van der Waals surface area contributed by atoms with Crippen LogP contribution < -0.4 is 5.73 Å². The predicted octanol–water partition coefficient (Wildman–Crippen LogP) is 0.0810. The van der Waals surface area contributed by atoms with E-state index >= 15 is 0 Å². The normalized spacial score (nSPS) is 25.1. The average molecular weight is 278 g/mol. The fourth-order valence-electron chi connectivity index (χ4n) is 2.15. The molecule has 0 aromatic heterocycles. The van der Waals surface area contributed by atoms with Crippen molar-refractivity contribution in [3.63, 3.8) is 0 Å². The summed E-state index contributed by atoms with van der Waals surface area (Å²) in [6, 6.07) is 0.117. The maximum absolute atomic E-state index is 12.0. The van der Waals surface area contributed by atoms with Crippen LogP contribution in [-0.4, -0.2) is 50.2 Å². The van der Waals surface area contributed by atoms with E-state index in [-0.39, 0.29) is 18.7 Å². The molecule has 18 heavy (non-hydrogen) atoms. The van der Waals surface area contributed by atoms with Crippen molar-refractivity contribution < 1.29 is 17.9 Å². The summed E-state index contributed by atoms with van der Waals surface area (Å²) in [6.45, 7) is 1.84. The minimum Gasteiger partial charge on any atom is -0.465 e. The number of nitrogens with zero attached hydrogens (tertiary/aromatic N) is 1. The number of hydrogen-bond acceptors (Lipinski definition) is 5. The maximum atomic E-state index is 12.0. The Bertz CT molecular complexity index is 375. The van der Waals surface area contributed by atoms with Crippen LogP contribution in [0.15, 0.2) is 0 Å². The smallest absolute Gasteiger partial charge is 0.322 e. The van der Waals surface area contributed by atoms with E-state index < -0.39 is 21.7 Å². The third-order valence-corrected chi connectivity index (χ3v) is 5.08. The first-order valence-corrected chi connectivity index (χ1v) is 7.84. The zero-order valence-electron chi connectivity index (χ0n) is 11.0. The van der Waals surface area contributed by atoms with Crippen LogP contribution in [0.5, 0.6) is 0 Å². The van der Waals surface area contributed by atoms with Gasteiger partial charge in [0, 0.05) is 19.1 Å². The molecule has 7 heteroatoms. The van der Waals surface area contributed by atoms with Gasteiger partial charge in [-0.05, 0) is 32.6 Å². The second kappa shape index (κ2) is 6.49. The zero-order valence-corrected chi connectivity index (χ0v) is 11.8. The third-order valence-electron chi connectivity index (χ3n) is 3.30. The third kappa shape index (κ3) is 4.22. The van der Waals surface area contributed by atoms with Gasteiger partial charge in [-0.3, -0.25) is 4.79 Å². The molecule has 0 amide bonds. The number of hydrogen-bond donors (Lipinski definition) is 1. The Hall–Kier alpha value is -0.660. The van der Waals surface area contributed by atoms with Crippen LogP contribution in [0.2, 0.25) is 0 Å². The van der Waals surface area contributed by atoms with Gasteiger partial charge in [-0.2, -0.15) is 0 Å². The summed E-state index contributed by atoms with van der Waals surface area (Å²) in [5, 5.41) is 0.